The smallest absolute Gasteiger partial charge is 0.270 e. The molecule has 31 heavy (non-hydrogen) atoms. The average molecular weight is 442 g/mol. The summed E-state index contributed by atoms with van der Waals surface area (Å²) in [5.74, 6) is 0.0224. The van der Waals surface area contributed by atoms with Gasteiger partial charge in [-0.2, -0.15) is 0 Å². The predicted octanol–water partition coefficient (Wildman–Crippen LogP) is 3.50. The lowest BCUT2D eigenvalue weighted by Gasteiger charge is -2.10. The van der Waals surface area contributed by atoms with E-state index in [1.807, 2.05) is 0 Å². The lowest BCUT2D eigenvalue weighted by molar-refractivity contribution is -0.384. The first-order valence-corrected chi connectivity index (χ1v) is 11.2. The molecular formula is C21H22N4O5S. The summed E-state index contributed by atoms with van der Waals surface area (Å²) >= 11 is 0. The van der Waals surface area contributed by atoms with Crippen LogP contribution in [0.1, 0.15) is 31.2 Å². The van der Waals surface area contributed by atoms with Gasteiger partial charge in [-0.15, -0.1) is 0 Å². The molecular weight excluding hydrogens is 420 g/mol. The molecule has 1 heterocycles. The Morgan fingerprint density at radius 1 is 1.10 bits per heavy atom. The highest BCUT2D eigenvalue weighted by Crippen LogP contribution is 2.17. The van der Waals surface area contributed by atoms with Gasteiger partial charge in [-0.1, -0.05) is 18.6 Å². The molecule has 0 saturated heterocycles. The van der Waals surface area contributed by atoms with Crippen molar-refractivity contribution in [3.8, 4) is 0 Å². The van der Waals surface area contributed by atoms with Crippen molar-refractivity contribution >= 4 is 39.2 Å². The lowest BCUT2D eigenvalue weighted by atomic mass is 10.2. The van der Waals surface area contributed by atoms with Crippen molar-refractivity contribution in [2.45, 2.75) is 30.6 Å². The third kappa shape index (κ3) is 6.48. The van der Waals surface area contributed by atoms with Gasteiger partial charge in [-0.05, 0) is 48.7 Å². The fourth-order valence-electron chi connectivity index (χ4n) is 2.99. The molecule has 1 amide bonds. The molecule has 2 N–H and O–H groups in total. The Hall–Kier alpha value is -3.53. The first-order valence-electron chi connectivity index (χ1n) is 9.73. The number of nitro benzene ring substituents is 1. The van der Waals surface area contributed by atoms with Gasteiger partial charge < -0.3 is 5.32 Å². The number of nitrogens with zero attached hydrogens (tertiary/aromatic N) is 2. The highest BCUT2D eigenvalue weighted by Gasteiger charge is 2.17. The normalized spacial score (nSPS) is 14.5. The summed E-state index contributed by atoms with van der Waals surface area (Å²) < 4.78 is 27.6. The van der Waals surface area contributed by atoms with Crippen LogP contribution in [-0.4, -0.2) is 31.6 Å². The second-order valence-electron chi connectivity index (χ2n) is 6.94. The number of amidine groups is 1. The minimum atomic E-state index is -3.74. The SMILES string of the molecule is O=C(C=Cc1cccc([N+](=O)[O-])c1)Nc1ccc(S(=O)(=O)NC2=NCCCCC2)cc1. The summed E-state index contributed by atoms with van der Waals surface area (Å²) in [6, 6.07) is 11.7. The van der Waals surface area contributed by atoms with Gasteiger partial charge in [0, 0.05) is 36.9 Å². The molecule has 2 aromatic rings. The Morgan fingerprint density at radius 2 is 1.87 bits per heavy atom. The van der Waals surface area contributed by atoms with Crippen molar-refractivity contribution in [1.82, 2.24) is 4.72 Å². The van der Waals surface area contributed by atoms with E-state index in [9.17, 15) is 23.3 Å². The Balaban J connectivity index is 1.62. The molecule has 1 aliphatic heterocycles. The Kier molecular flexibility index (Phi) is 7.14. The predicted molar refractivity (Wildman–Crippen MR) is 118 cm³/mol. The van der Waals surface area contributed by atoms with E-state index in [4.69, 9.17) is 0 Å². The molecule has 0 aromatic heterocycles. The summed E-state index contributed by atoms with van der Waals surface area (Å²) in [6.45, 7) is 0.618. The van der Waals surface area contributed by atoms with Crippen LogP contribution in [0.2, 0.25) is 0 Å². The zero-order valence-corrected chi connectivity index (χ0v) is 17.5. The molecule has 0 atom stereocenters. The maximum absolute atomic E-state index is 12.5. The van der Waals surface area contributed by atoms with Crippen LogP contribution in [0.15, 0.2) is 64.5 Å². The zero-order chi connectivity index (χ0) is 22.3. The van der Waals surface area contributed by atoms with Crippen LogP contribution in [0, 0.1) is 10.1 Å². The van der Waals surface area contributed by atoms with Crippen molar-refractivity contribution < 1.29 is 18.1 Å². The second kappa shape index (κ2) is 9.98. The zero-order valence-electron chi connectivity index (χ0n) is 16.7. The third-order valence-electron chi connectivity index (χ3n) is 4.57. The number of nitrogens with one attached hydrogen (secondary N) is 2. The van der Waals surface area contributed by atoms with Gasteiger partial charge in [0.05, 0.1) is 9.82 Å². The van der Waals surface area contributed by atoms with E-state index in [2.05, 4.69) is 15.0 Å². The summed E-state index contributed by atoms with van der Waals surface area (Å²) in [5, 5.41) is 13.4. The molecule has 0 saturated carbocycles. The van der Waals surface area contributed by atoms with Crippen LogP contribution in [0.5, 0.6) is 0 Å². The molecule has 0 aliphatic carbocycles. The molecule has 0 bridgehead atoms. The number of amides is 1. The molecule has 0 unspecified atom stereocenters. The molecule has 10 heteroatoms. The number of hydrogen-bond acceptors (Lipinski definition) is 6. The molecule has 0 radical (unpaired) electrons. The van der Waals surface area contributed by atoms with Crippen molar-refractivity contribution in [3.63, 3.8) is 0 Å². The maximum Gasteiger partial charge on any atom is 0.270 e. The van der Waals surface area contributed by atoms with E-state index in [-0.39, 0.29) is 10.6 Å². The van der Waals surface area contributed by atoms with Gasteiger partial charge in [-0.3, -0.25) is 24.6 Å². The van der Waals surface area contributed by atoms with Gasteiger partial charge in [0.25, 0.3) is 15.7 Å². The molecule has 2 aromatic carbocycles. The number of aliphatic imine (C=N–C) groups is 1. The molecule has 1 aliphatic rings. The summed E-state index contributed by atoms with van der Waals surface area (Å²) in [5.41, 5.74) is 0.862. The Labute approximate surface area is 180 Å². The summed E-state index contributed by atoms with van der Waals surface area (Å²) in [6.07, 6.45) is 6.18. The standard InChI is InChI=1S/C21H22N4O5S/c26-21(13-8-16-5-4-6-18(15-16)25(27)28)23-17-9-11-19(12-10-17)31(29,30)24-20-7-2-1-3-14-22-20/h4-6,8-13,15H,1-3,7,14H2,(H,22,24)(H,23,26). The van der Waals surface area contributed by atoms with Crippen molar-refractivity contribution in [3.05, 3.63) is 70.3 Å². The van der Waals surface area contributed by atoms with E-state index in [1.54, 1.807) is 6.07 Å². The van der Waals surface area contributed by atoms with Gasteiger partial charge in [-0.25, -0.2) is 8.42 Å². The van der Waals surface area contributed by atoms with Crippen LogP contribution >= 0.6 is 0 Å². The number of carbonyl (C=O) groups excluding carboxylic acids is 1. The van der Waals surface area contributed by atoms with Crippen LogP contribution in [0.3, 0.4) is 0 Å². The van der Waals surface area contributed by atoms with Crippen LogP contribution in [-0.2, 0) is 14.8 Å². The van der Waals surface area contributed by atoms with E-state index in [0.29, 0.717) is 30.1 Å². The highest BCUT2D eigenvalue weighted by molar-refractivity contribution is 7.90. The van der Waals surface area contributed by atoms with E-state index < -0.39 is 20.9 Å². The maximum atomic E-state index is 12.5. The van der Waals surface area contributed by atoms with E-state index in [0.717, 1.165) is 19.3 Å². The van der Waals surface area contributed by atoms with Gasteiger partial charge in [0.15, 0.2) is 0 Å². The topological polar surface area (TPSA) is 131 Å². The number of rotatable bonds is 6. The van der Waals surface area contributed by atoms with Gasteiger partial charge in [0.1, 0.15) is 5.84 Å². The van der Waals surface area contributed by atoms with Crippen LogP contribution < -0.4 is 10.0 Å². The van der Waals surface area contributed by atoms with Crippen molar-refractivity contribution in [2.75, 3.05) is 11.9 Å². The summed E-state index contributed by atoms with van der Waals surface area (Å²) in [7, 11) is -3.74. The molecule has 162 valence electrons. The summed E-state index contributed by atoms with van der Waals surface area (Å²) in [4.78, 5) is 26.7. The number of non-ortho nitro benzene ring substituents is 1. The molecule has 0 fully saturated rings. The highest BCUT2D eigenvalue weighted by atomic mass is 32.2. The fraction of sp³-hybridized carbons (Fsp3) is 0.238. The Morgan fingerprint density at radius 3 is 2.61 bits per heavy atom. The van der Waals surface area contributed by atoms with Crippen LogP contribution in [0.4, 0.5) is 11.4 Å². The average Bonchev–Trinajstić information content (AvgIpc) is 3.01. The molecule has 0 spiro atoms. The van der Waals surface area contributed by atoms with Gasteiger partial charge >= 0.3 is 0 Å². The van der Waals surface area contributed by atoms with Crippen molar-refractivity contribution in [1.29, 1.82) is 0 Å². The van der Waals surface area contributed by atoms with Crippen LogP contribution in [0.25, 0.3) is 6.08 Å². The van der Waals surface area contributed by atoms with Gasteiger partial charge in [0.2, 0.25) is 5.91 Å². The molecule has 3 rings (SSSR count). The fourth-order valence-corrected chi connectivity index (χ4v) is 4.08. The number of hydrogen-bond donors (Lipinski definition) is 2. The number of sulfonamides is 1. The molecule has 9 nitrogen and oxygen atoms in total. The number of carbonyl (C=O) groups is 1. The van der Waals surface area contributed by atoms with Crippen molar-refractivity contribution in [2.24, 2.45) is 4.99 Å². The van der Waals surface area contributed by atoms with E-state index in [1.165, 1.54) is 54.6 Å². The Bertz CT molecular complexity index is 1120. The first-order chi connectivity index (χ1) is 14.8. The first kappa shape index (κ1) is 22.2. The minimum absolute atomic E-state index is 0.0669. The largest absolute Gasteiger partial charge is 0.323 e. The number of nitro groups is 1. The monoisotopic (exact) mass is 442 g/mol. The second-order valence-corrected chi connectivity index (χ2v) is 8.63. The van der Waals surface area contributed by atoms with E-state index >= 15 is 0 Å². The third-order valence-corrected chi connectivity index (χ3v) is 5.96. The quantitative estimate of drug-likeness (QED) is 0.402. The minimum Gasteiger partial charge on any atom is -0.323 e. The lowest BCUT2D eigenvalue weighted by Crippen LogP contribution is -2.30. The number of benzene rings is 2. The number of anilines is 1.